The van der Waals surface area contributed by atoms with E-state index in [1.165, 1.54) is 57.1 Å². The van der Waals surface area contributed by atoms with Gasteiger partial charge in [-0.2, -0.15) is 0 Å². The average Bonchev–Trinajstić information content (AvgIpc) is 2.44. The van der Waals surface area contributed by atoms with Crippen molar-refractivity contribution in [2.45, 2.75) is 59.2 Å². The fourth-order valence-electron chi connectivity index (χ4n) is 2.78. The number of rotatable bonds is 13. The Morgan fingerprint density at radius 3 is 1.50 bits per heavy atom. The molecule has 0 aliphatic heterocycles. The highest BCUT2D eigenvalue weighted by atomic mass is 28.2. The summed E-state index contributed by atoms with van der Waals surface area (Å²) in [5.41, 5.74) is 0. The summed E-state index contributed by atoms with van der Waals surface area (Å²) in [7, 11) is -0.387. The largest absolute Gasteiger partial charge is 0.291 e. The topological polar surface area (TPSA) is 6.48 Å². The highest BCUT2D eigenvalue weighted by Crippen LogP contribution is 2.12. The van der Waals surface area contributed by atoms with Crippen LogP contribution in [0, 0.1) is 0 Å². The molecule has 0 amide bonds. The standard InChI is InChI=1S/C17H36N2Si/c1-7-12-18(13-8-2)17(20-16(6)11-5)19(14-9-3)15-10-4/h11,17H,5-10,12-15,20H2,1-4H3. The molecular formula is C17H36N2Si. The predicted octanol–water partition coefficient (Wildman–Crippen LogP) is 3.38. The van der Waals surface area contributed by atoms with E-state index < -0.39 is 0 Å². The molecule has 0 bridgehead atoms. The van der Waals surface area contributed by atoms with Crippen molar-refractivity contribution in [3.05, 3.63) is 24.4 Å². The van der Waals surface area contributed by atoms with Crippen molar-refractivity contribution in [3.8, 4) is 0 Å². The molecule has 0 heterocycles. The van der Waals surface area contributed by atoms with Crippen LogP contribution in [0.5, 0.6) is 0 Å². The fraction of sp³-hybridized carbons (Fsp3) is 0.765. The van der Waals surface area contributed by atoms with Crippen LogP contribution in [0.25, 0.3) is 0 Å². The van der Waals surface area contributed by atoms with Crippen LogP contribution in [0.15, 0.2) is 24.4 Å². The van der Waals surface area contributed by atoms with Gasteiger partial charge in [0.25, 0.3) is 0 Å². The molecule has 0 aromatic heterocycles. The zero-order valence-electron chi connectivity index (χ0n) is 14.3. The summed E-state index contributed by atoms with van der Waals surface area (Å²) >= 11 is 0. The van der Waals surface area contributed by atoms with E-state index in [2.05, 4.69) is 50.7 Å². The van der Waals surface area contributed by atoms with Gasteiger partial charge < -0.3 is 0 Å². The smallest absolute Gasteiger partial charge is 0.0914 e. The van der Waals surface area contributed by atoms with Crippen molar-refractivity contribution >= 4 is 9.52 Å². The lowest BCUT2D eigenvalue weighted by molar-refractivity contribution is 0.0959. The minimum Gasteiger partial charge on any atom is -0.291 e. The van der Waals surface area contributed by atoms with Gasteiger partial charge in [0.15, 0.2) is 0 Å². The number of nitrogens with zero attached hydrogens (tertiary/aromatic N) is 2. The lowest BCUT2D eigenvalue weighted by Crippen LogP contribution is -2.53. The second-order valence-corrected chi connectivity index (χ2v) is 7.67. The molecule has 118 valence electrons. The summed E-state index contributed by atoms with van der Waals surface area (Å²) in [5, 5.41) is 1.30. The number of allylic oxidation sites excluding steroid dienone is 2. The van der Waals surface area contributed by atoms with E-state index in [9.17, 15) is 0 Å². The molecule has 0 rings (SSSR count). The first kappa shape index (κ1) is 19.6. The molecule has 0 saturated carbocycles. The molecule has 2 nitrogen and oxygen atoms in total. The van der Waals surface area contributed by atoms with Crippen molar-refractivity contribution in [1.29, 1.82) is 0 Å². The Bertz CT molecular complexity index is 238. The Balaban J connectivity index is 5.04. The van der Waals surface area contributed by atoms with Gasteiger partial charge in [0, 0.05) is 5.79 Å². The minimum atomic E-state index is -0.387. The van der Waals surface area contributed by atoms with Gasteiger partial charge in [0.05, 0.1) is 9.52 Å². The summed E-state index contributed by atoms with van der Waals surface area (Å²) in [6.07, 6.45) is 6.91. The second-order valence-electron chi connectivity index (χ2n) is 5.62. The van der Waals surface area contributed by atoms with Crippen LogP contribution in [0.3, 0.4) is 0 Å². The molecule has 0 spiro atoms. The molecule has 0 aliphatic carbocycles. The van der Waals surface area contributed by atoms with E-state index in [1.54, 1.807) is 0 Å². The SMILES string of the molecule is C=CC(=C)[SiH2]C(N(CCC)CCC)N(CCC)CCC. The Morgan fingerprint density at radius 1 is 0.900 bits per heavy atom. The lowest BCUT2D eigenvalue weighted by atomic mass is 10.3. The molecule has 0 atom stereocenters. The third-order valence-electron chi connectivity index (χ3n) is 3.62. The van der Waals surface area contributed by atoms with Crippen LogP contribution in [-0.2, 0) is 0 Å². The highest BCUT2D eigenvalue weighted by Gasteiger charge is 2.23. The molecular weight excluding hydrogens is 260 g/mol. The van der Waals surface area contributed by atoms with E-state index in [4.69, 9.17) is 0 Å². The molecule has 0 aromatic rings. The van der Waals surface area contributed by atoms with E-state index in [0.717, 1.165) is 0 Å². The maximum atomic E-state index is 4.21. The van der Waals surface area contributed by atoms with E-state index in [0.29, 0.717) is 5.79 Å². The monoisotopic (exact) mass is 296 g/mol. The van der Waals surface area contributed by atoms with Crippen LogP contribution < -0.4 is 0 Å². The van der Waals surface area contributed by atoms with E-state index >= 15 is 0 Å². The van der Waals surface area contributed by atoms with Gasteiger partial charge in [-0.3, -0.25) is 9.80 Å². The lowest BCUT2D eigenvalue weighted by Gasteiger charge is -2.40. The zero-order valence-corrected chi connectivity index (χ0v) is 15.7. The molecule has 0 aliphatic rings. The molecule has 0 fully saturated rings. The van der Waals surface area contributed by atoms with Crippen LogP contribution in [0.4, 0.5) is 0 Å². The van der Waals surface area contributed by atoms with Gasteiger partial charge in [0.1, 0.15) is 0 Å². The summed E-state index contributed by atoms with van der Waals surface area (Å²) < 4.78 is 0. The first-order valence-corrected chi connectivity index (χ1v) is 9.95. The molecule has 3 heteroatoms. The Kier molecular flexibility index (Phi) is 12.1. The summed E-state index contributed by atoms with van der Waals surface area (Å²) in [6.45, 7) is 22.1. The van der Waals surface area contributed by atoms with E-state index in [-0.39, 0.29) is 9.52 Å². The van der Waals surface area contributed by atoms with Gasteiger partial charge in [-0.15, -0.1) is 6.58 Å². The molecule has 0 radical (unpaired) electrons. The van der Waals surface area contributed by atoms with Crippen LogP contribution in [0.1, 0.15) is 53.4 Å². The van der Waals surface area contributed by atoms with Gasteiger partial charge >= 0.3 is 0 Å². The van der Waals surface area contributed by atoms with Crippen LogP contribution in [-0.4, -0.2) is 51.3 Å². The Labute approximate surface area is 129 Å². The molecule has 0 unspecified atom stereocenters. The summed E-state index contributed by atoms with van der Waals surface area (Å²) in [6, 6.07) is 0. The average molecular weight is 297 g/mol. The van der Waals surface area contributed by atoms with Crippen molar-refractivity contribution in [2.24, 2.45) is 0 Å². The fourth-order valence-corrected chi connectivity index (χ4v) is 4.66. The van der Waals surface area contributed by atoms with Gasteiger partial charge in [-0.1, -0.05) is 45.5 Å². The second kappa shape index (κ2) is 12.4. The zero-order chi connectivity index (χ0) is 15.4. The molecule has 0 N–H and O–H groups in total. The van der Waals surface area contributed by atoms with E-state index in [1.807, 2.05) is 6.08 Å². The summed E-state index contributed by atoms with van der Waals surface area (Å²) in [5.74, 6) is 0.625. The molecule has 0 aromatic carbocycles. The Hall–Kier alpha value is -0.383. The maximum absolute atomic E-state index is 4.21. The van der Waals surface area contributed by atoms with Gasteiger partial charge in [-0.05, 0) is 51.9 Å². The third-order valence-corrected chi connectivity index (χ3v) is 5.83. The summed E-state index contributed by atoms with van der Waals surface area (Å²) in [4.78, 5) is 5.40. The normalized spacial score (nSPS) is 12.2. The van der Waals surface area contributed by atoms with Crippen molar-refractivity contribution in [2.75, 3.05) is 26.2 Å². The third kappa shape index (κ3) is 7.41. The predicted molar refractivity (Wildman–Crippen MR) is 96.0 cm³/mol. The van der Waals surface area contributed by atoms with Crippen LogP contribution in [0.2, 0.25) is 0 Å². The molecule has 0 saturated heterocycles. The van der Waals surface area contributed by atoms with Crippen molar-refractivity contribution in [1.82, 2.24) is 9.80 Å². The number of hydrogen-bond donors (Lipinski definition) is 0. The Morgan fingerprint density at radius 2 is 1.25 bits per heavy atom. The van der Waals surface area contributed by atoms with Crippen molar-refractivity contribution in [3.63, 3.8) is 0 Å². The first-order chi connectivity index (χ1) is 9.64. The quantitative estimate of drug-likeness (QED) is 0.292. The molecule has 20 heavy (non-hydrogen) atoms. The van der Waals surface area contributed by atoms with Crippen molar-refractivity contribution < 1.29 is 0 Å². The maximum Gasteiger partial charge on any atom is 0.0914 e. The highest BCUT2D eigenvalue weighted by molar-refractivity contribution is 6.47. The first-order valence-electron chi connectivity index (χ1n) is 8.42. The number of hydrogen-bond acceptors (Lipinski definition) is 2. The minimum absolute atomic E-state index is 0.387. The van der Waals surface area contributed by atoms with Gasteiger partial charge in [-0.25, -0.2) is 0 Å². The van der Waals surface area contributed by atoms with Crippen LogP contribution >= 0.6 is 0 Å². The van der Waals surface area contributed by atoms with Gasteiger partial charge in [0.2, 0.25) is 0 Å².